The fourth-order valence-electron chi connectivity index (χ4n) is 1.91. The Morgan fingerprint density at radius 1 is 1.74 bits per heavy atom. The molecule has 1 aromatic heterocycles. The number of nitrogens with zero attached hydrogens (tertiary/aromatic N) is 4. The Kier molecular flexibility index (Phi) is 3.89. The molecule has 1 saturated heterocycles. The number of hydrogen-bond donors (Lipinski definition) is 1. The van der Waals surface area contributed by atoms with E-state index in [0.29, 0.717) is 19.7 Å². The Labute approximate surface area is 109 Å². The van der Waals surface area contributed by atoms with Gasteiger partial charge in [0, 0.05) is 25.4 Å². The fraction of sp³-hybridized carbons (Fsp3) is 0.455. The van der Waals surface area contributed by atoms with Crippen molar-refractivity contribution in [1.29, 1.82) is 5.26 Å². The number of hydrogen-bond acceptors (Lipinski definition) is 7. The molecule has 1 fully saturated rings. The van der Waals surface area contributed by atoms with Crippen molar-refractivity contribution in [2.75, 3.05) is 31.2 Å². The average molecular weight is 264 g/mol. The van der Waals surface area contributed by atoms with E-state index in [4.69, 9.17) is 15.1 Å². The molecule has 0 aliphatic carbocycles. The first-order chi connectivity index (χ1) is 9.15. The van der Waals surface area contributed by atoms with Gasteiger partial charge in [0.15, 0.2) is 0 Å². The van der Waals surface area contributed by atoms with Gasteiger partial charge in [0.25, 0.3) is 0 Å². The normalized spacial score (nSPS) is 18.9. The molecule has 1 N–H and O–H groups in total. The number of morpholine rings is 1. The molecule has 1 aliphatic heterocycles. The van der Waals surface area contributed by atoms with Gasteiger partial charge >= 0.3 is 5.69 Å². The van der Waals surface area contributed by atoms with E-state index in [1.807, 2.05) is 6.07 Å². The van der Waals surface area contributed by atoms with Gasteiger partial charge in [0.2, 0.25) is 5.82 Å². The van der Waals surface area contributed by atoms with Crippen LogP contribution in [0.2, 0.25) is 0 Å². The number of anilines is 1. The minimum Gasteiger partial charge on any atom is -0.394 e. The lowest BCUT2D eigenvalue weighted by molar-refractivity contribution is -0.384. The number of aromatic nitrogens is 1. The Balaban J connectivity index is 2.33. The van der Waals surface area contributed by atoms with Crippen LogP contribution in [0.4, 0.5) is 11.5 Å². The van der Waals surface area contributed by atoms with Gasteiger partial charge in [0.1, 0.15) is 6.07 Å². The molecule has 100 valence electrons. The van der Waals surface area contributed by atoms with Crippen molar-refractivity contribution in [1.82, 2.24) is 4.98 Å². The van der Waals surface area contributed by atoms with Crippen molar-refractivity contribution in [3.8, 4) is 6.07 Å². The van der Waals surface area contributed by atoms with E-state index in [9.17, 15) is 10.1 Å². The average Bonchev–Trinajstić information content (AvgIpc) is 2.46. The minimum absolute atomic E-state index is 0.141. The molecule has 0 aromatic carbocycles. The third kappa shape index (κ3) is 2.78. The predicted molar refractivity (Wildman–Crippen MR) is 64.6 cm³/mol. The molecule has 19 heavy (non-hydrogen) atoms. The Morgan fingerprint density at radius 3 is 3.16 bits per heavy atom. The van der Waals surface area contributed by atoms with E-state index in [1.165, 1.54) is 12.3 Å². The quantitative estimate of drug-likeness (QED) is 0.606. The molecule has 0 saturated carbocycles. The third-order valence-corrected chi connectivity index (χ3v) is 2.81. The van der Waals surface area contributed by atoms with E-state index in [1.54, 1.807) is 4.90 Å². The highest BCUT2D eigenvalue weighted by molar-refractivity contribution is 5.60. The summed E-state index contributed by atoms with van der Waals surface area (Å²) >= 11 is 0. The number of aliphatic hydroxyl groups is 1. The summed E-state index contributed by atoms with van der Waals surface area (Å²) in [5, 5.41) is 28.8. The molecular weight excluding hydrogens is 252 g/mol. The zero-order chi connectivity index (χ0) is 13.8. The number of rotatable bonds is 3. The Morgan fingerprint density at radius 2 is 2.53 bits per heavy atom. The summed E-state index contributed by atoms with van der Waals surface area (Å²) in [4.78, 5) is 16.1. The fourth-order valence-corrected chi connectivity index (χ4v) is 1.91. The first-order valence-corrected chi connectivity index (χ1v) is 5.67. The Hall–Kier alpha value is -2.24. The van der Waals surface area contributed by atoms with Crippen molar-refractivity contribution in [2.45, 2.75) is 6.10 Å². The second-order valence-electron chi connectivity index (χ2n) is 4.06. The summed E-state index contributed by atoms with van der Waals surface area (Å²) in [5.41, 5.74) is -0.0694. The lowest BCUT2D eigenvalue weighted by Gasteiger charge is -2.32. The summed E-state index contributed by atoms with van der Waals surface area (Å²) in [6.07, 6.45) is 0.914. The molecule has 0 radical (unpaired) electrons. The minimum atomic E-state index is -0.563. The van der Waals surface area contributed by atoms with E-state index >= 15 is 0 Å². The topological polar surface area (TPSA) is 113 Å². The van der Waals surface area contributed by atoms with E-state index in [2.05, 4.69) is 4.98 Å². The molecule has 0 spiro atoms. The maximum atomic E-state index is 11.0. The standard InChI is InChI=1S/C11H12N4O4/c12-4-8-3-10(15(17)18)11(13-5-8)14-1-2-19-9(6-14)7-16/h3,5,9,16H,1-2,6-7H2. The van der Waals surface area contributed by atoms with Crippen molar-refractivity contribution < 1.29 is 14.8 Å². The van der Waals surface area contributed by atoms with Gasteiger partial charge in [-0.3, -0.25) is 10.1 Å². The van der Waals surface area contributed by atoms with Crippen LogP contribution >= 0.6 is 0 Å². The highest BCUT2D eigenvalue weighted by Gasteiger charge is 2.27. The zero-order valence-corrected chi connectivity index (χ0v) is 10.0. The number of nitro groups is 1. The van der Waals surface area contributed by atoms with Gasteiger partial charge in [-0.2, -0.15) is 5.26 Å². The molecule has 8 nitrogen and oxygen atoms in total. The summed E-state index contributed by atoms with van der Waals surface area (Å²) < 4.78 is 5.28. The van der Waals surface area contributed by atoms with Crippen LogP contribution in [0.15, 0.2) is 12.3 Å². The van der Waals surface area contributed by atoms with Crippen LogP contribution in [0.5, 0.6) is 0 Å². The second-order valence-corrected chi connectivity index (χ2v) is 4.06. The summed E-state index contributed by atoms with van der Waals surface area (Å²) in [6.45, 7) is 0.997. The lowest BCUT2D eigenvalue weighted by Crippen LogP contribution is -2.44. The van der Waals surface area contributed by atoms with Gasteiger partial charge in [0.05, 0.1) is 29.8 Å². The number of pyridine rings is 1. The molecule has 2 heterocycles. The van der Waals surface area contributed by atoms with Crippen LogP contribution in [-0.2, 0) is 4.74 Å². The van der Waals surface area contributed by atoms with Crippen molar-refractivity contribution in [3.63, 3.8) is 0 Å². The first kappa shape index (κ1) is 13.2. The van der Waals surface area contributed by atoms with Crippen molar-refractivity contribution in [3.05, 3.63) is 27.9 Å². The molecule has 8 heteroatoms. The van der Waals surface area contributed by atoms with Crippen LogP contribution < -0.4 is 4.90 Å². The predicted octanol–water partition coefficient (Wildman–Crippen LogP) is 0.0590. The molecule has 1 atom stereocenters. The van der Waals surface area contributed by atoms with Crippen molar-refractivity contribution >= 4 is 11.5 Å². The van der Waals surface area contributed by atoms with Crippen LogP contribution in [0.1, 0.15) is 5.56 Å². The molecule has 1 unspecified atom stereocenters. The van der Waals surface area contributed by atoms with E-state index in [0.717, 1.165) is 0 Å². The van der Waals surface area contributed by atoms with Crippen LogP contribution in [-0.4, -0.2) is 47.4 Å². The summed E-state index contributed by atoms with van der Waals surface area (Å²) in [5.74, 6) is 0.200. The Bertz CT molecular complexity index is 528. The van der Waals surface area contributed by atoms with Gasteiger partial charge in [-0.25, -0.2) is 4.98 Å². The number of aliphatic hydroxyl groups excluding tert-OH is 1. The zero-order valence-electron chi connectivity index (χ0n) is 10.0. The molecule has 1 aliphatic rings. The summed E-state index contributed by atoms with van der Waals surface area (Å²) in [6, 6.07) is 3.02. The maximum Gasteiger partial charge on any atom is 0.312 e. The van der Waals surface area contributed by atoms with Gasteiger partial charge in [-0.05, 0) is 0 Å². The molecule has 0 amide bonds. The van der Waals surface area contributed by atoms with Crippen LogP contribution in [0, 0.1) is 21.4 Å². The van der Waals surface area contributed by atoms with Gasteiger partial charge in [-0.15, -0.1) is 0 Å². The molecule has 0 bridgehead atoms. The number of ether oxygens (including phenoxy) is 1. The summed E-state index contributed by atoms with van der Waals surface area (Å²) in [7, 11) is 0. The van der Waals surface area contributed by atoms with E-state index in [-0.39, 0.29) is 29.8 Å². The molecule has 1 aromatic rings. The van der Waals surface area contributed by atoms with Crippen LogP contribution in [0.25, 0.3) is 0 Å². The SMILES string of the molecule is N#Cc1cnc(N2CCOC(CO)C2)c([N+](=O)[O-])c1. The second kappa shape index (κ2) is 5.60. The highest BCUT2D eigenvalue weighted by atomic mass is 16.6. The highest BCUT2D eigenvalue weighted by Crippen LogP contribution is 2.27. The van der Waals surface area contributed by atoms with E-state index < -0.39 is 4.92 Å². The van der Waals surface area contributed by atoms with Gasteiger partial charge < -0.3 is 14.7 Å². The van der Waals surface area contributed by atoms with Crippen LogP contribution in [0.3, 0.4) is 0 Å². The largest absolute Gasteiger partial charge is 0.394 e. The van der Waals surface area contributed by atoms with Crippen molar-refractivity contribution in [2.24, 2.45) is 0 Å². The molecular formula is C11H12N4O4. The maximum absolute atomic E-state index is 11.0. The molecule has 2 rings (SSSR count). The monoisotopic (exact) mass is 264 g/mol. The first-order valence-electron chi connectivity index (χ1n) is 5.67. The smallest absolute Gasteiger partial charge is 0.312 e. The lowest BCUT2D eigenvalue weighted by atomic mass is 10.2. The number of nitriles is 1. The third-order valence-electron chi connectivity index (χ3n) is 2.81. The van der Waals surface area contributed by atoms with Gasteiger partial charge in [-0.1, -0.05) is 0 Å².